The Labute approximate surface area is 134 Å². The second-order valence-electron chi connectivity index (χ2n) is 6.13. The number of aromatic nitrogens is 2. The maximum atomic E-state index is 12.1. The Morgan fingerprint density at radius 1 is 1.17 bits per heavy atom. The predicted molar refractivity (Wildman–Crippen MR) is 85.9 cm³/mol. The molecule has 1 fully saturated rings. The molecule has 1 aliphatic rings. The molecule has 0 atom stereocenters. The number of carboxylic acid groups (broad SMARTS) is 1. The number of H-pyrrole nitrogens is 1. The Morgan fingerprint density at radius 2 is 1.87 bits per heavy atom. The molecule has 1 aromatic heterocycles. The molecule has 0 unspecified atom stereocenters. The van der Waals surface area contributed by atoms with E-state index in [-0.39, 0.29) is 17.7 Å². The highest BCUT2D eigenvalue weighted by Gasteiger charge is 2.29. The molecule has 2 aromatic rings. The molecule has 0 spiro atoms. The van der Waals surface area contributed by atoms with Gasteiger partial charge in [0.1, 0.15) is 5.82 Å². The third-order valence-electron chi connectivity index (χ3n) is 4.55. The largest absolute Gasteiger partial charge is 0.481 e. The van der Waals surface area contributed by atoms with E-state index in [2.05, 4.69) is 15.3 Å². The molecule has 0 radical (unpaired) electrons. The van der Waals surface area contributed by atoms with Crippen LogP contribution in [0.2, 0.25) is 0 Å². The minimum atomic E-state index is -0.742. The Morgan fingerprint density at radius 3 is 2.57 bits per heavy atom. The monoisotopic (exact) mass is 315 g/mol. The van der Waals surface area contributed by atoms with Crippen LogP contribution in [0.15, 0.2) is 24.3 Å². The van der Waals surface area contributed by atoms with Gasteiger partial charge >= 0.3 is 5.97 Å². The Balaban J connectivity index is 1.45. The van der Waals surface area contributed by atoms with E-state index in [9.17, 15) is 9.59 Å². The van der Waals surface area contributed by atoms with Crippen molar-refractivity contribution in [3.8, 4) is 0 Å². The number of carboxylic acids is 1. The number of fused-ring (bicyclic) bond motifs is 1. The summed E-state index contributed by atoms with van der Waals surface area (Å²) in [6, 6.07) is 7.84. The number of hydrogen-bond donors (Lipinski definition) is 3. The molecule has 6 nitrogen and oxygen atoms in total. The summed E-state index contributed by atoms with van der Waals surface area (Å²) in [5.41, 5.74) is 1.93. The zero-order valence-corrected chi connectivity index (χ0v) is 12.9. The molecule has 6 heteroatoms. The fourth-order valence-corrected chi connectivity index (χ4v) is 3.18. The average Bonchev–Trinajstić information content (AvgIpc) is 2.97. The fourth-order valence-electron chi connectivity index (χ4n) is 3.18. The smallest absolute Gasteiger partial charge is 0.306 e. The van der Waals surface area contributed by atoms with Gasteiger partial charge in [-0.15, -0.1) is 0 Å². The quantitative estimate of drug-likeness (QED) is 0.787. The molecule has 0 aliphatic heterocycles. The van der Waals surface area contributed by atoms with Crippen molar-refractivity contribution >= 4 is 22.9 Å². The van der Waals surface area contributed by atoms with E-state index < -0.39 is 5.97 Å². The first-order valence-electron chi connectivity index (χ1n) is 8.07. The van der Waals surface area contributed by atoms with Gasteiger partial charge in [0.2, 0.25) is 5.91 Å². The van der Waals surface area contributed by atoms with Crippen molar-refractivity contribution in [2.24, 2.45) is 11.8 Å². The van der Waals surface area contributed by atoms with Crippen LogP contribution in [0.1, 0.15) is 31.5 Å². The topological polar surface area (TPSA) is 95.1 Å². The summed E-state index contributed by atoms with van der Waals surface area (Å²) >= 11 is 0. The third kappa shape index (κ3) is 3.70. The molecule has 122 valence electrons. The highest BCUT2D eigenvalue weighted by molar-refractivity contribution is 5.79. The van der Waals surface area contributed by atoms with Gasteiger partial charge in [-0.05, 0) is 37.8 Å². The average molecular weight is 315 g/mol. The van der Waals surface area contributed by atoms with Gasteiger partial charge in [0.25, 0.3) is 0 Å². The number of aliphatic carboxylic acids is 1. The molecule has 1 heterocycles. The van der Waals surface area contributed by atoms with Crippen LogP contribution < -0.4 is 5.32 Å². The number of rotatable bonds is 5. The van der Waals surface area contributed by atoms with Crippen LogP contribution in [-0.4, -0.2) is 33.5 Å². The van der Waals surface area contributed by atoms with Crippen LogP contribution in [0.4, 0.5) is 0 Å². The van der Waals surface area contributed by atoms with Crippen molar-refractivity contribution in [3.05, 3.63) is 30.1 Å². The number of hydrogen-bond acceptors (Lipinski definition) is 3. The number of carbonyl (C=O) groups is 2. The summed E-state index contributed by atoms with van der Waals surface area (Å²) in [4.78, 5) is 30.8. The molecule has 1 aliphatic carbocycles. The predicted octanol–water partition coefficient (Wildman–Crippen LogP) is 2.11. The van der Waals surface area contributed by atoms with Crippen molar-refractivity contribution in [2.75, 3.05) is 6.54 Å². The molecular formula is C17H21N3O3. The summed E-state index contributed by atoms with van der Waals surface area (Å²) in [5, 5.41) is 11.9. The molecular weight excluding hydrogens is 294 g/mol. The Bertz CT molecular complexity index is 669. The molecule has 1 aromatic carbocycles. The van der Waals surface area contributed by atoms with E-state index in [1.807, 2.05) is 24.3 Å². The van der Waals surface area contributed by atoms with Gasteiger partial charge in [-0.3, -0.25) is 9.59 Å². The van der Waals surface area contributed by atoms with Crippen molar-refractivity contribution < 1.29 is 14.7 Å². The normalized spacial score (nSPS) is 21.2. The minimum absolute atomic E-state index is 0.0324. The van der Waals surface area contributed by atoms with Crippen molar-refractivity contribution in [2.45, 2.75) is 32.1 Å². The molecule has 1 saturated carbocycles. The standard InChI is InChI=1S/C17H21N3O3/c21-16(11-5-7-12(8-6-11)17(22)23)18-10-9-15-19-13-3-1-2-4-14(13)20-15/h1-4,11-12H,5-10H2,(H,18,21)(H,19,20)(H,22,23). The maximum Gasteiger partial charge on any atom is 0.306 e. The second-order valence-corrected chi connectivity index (χ2v) is 6.13. The third-order valence-corrected chi connectivity index (χ3v) is 4.55. The lowest BCUT2D eigenvalue weighted by Gasteiger charge is -2.25. The summed E-state index contributed by atoms with van der Waals surface area (Å²) in [6.45, 7) is 0.539. The first-order valence-corrected chi connectivity index (χ1v) is 8.07. The molecule has 23 heavy (non-hydrogen) atoms. The van der Waals surface area contributed by atoms with Crippen molar-refractivity contribution in [3.63, 3.8) is 0 Å². The number of nitrogens with zero attached hydrogens (tertiary/aromatic N) is 1. The minimum Gasteiger partial charge on any atom is -0.481 e. The molecule has 1 amide bonds. The number of benzene rings is 1. The number of amides is 1. The van der Waals surface area contributed by atoms with Gasteiger partial charge in [-0.2, -0.15) is 0 Å². The SMILES string of the molecule is O=C(O)C1CCC(C(=O)NCCc2nc3ccccc3[nH]2)CC1. The van der Waals surface area contributed by atoms with Crippen LogP contribution in [0.3, 0.4) is 0 Å². The van der Waals surface area contributed by atoms with Crippen LogP contribution in [0.5, 0.6) is 0 Å². The number of para-hydroxylation sites is 2. The molecule has 3 N–H and O–H groups in total. The van der Waals surface area contributed by atoms with E-state index in [0.717, 1.165) is 16.9 Å². The fraction of sp³-hybridized carbons (Fsp3) is 0.471. The van der Waals surface area contributed by atoms with E-state index in [0.29, 0.717) is 38.6 Å². The summed E-state index contributed by atoms with van der Waals surface area (Å²) in [5.74, 6) is -0.185. The first kappa shape index (κ1) is 15.5. The van der Waals surface area contributed by atoms with Gasteiger partial charge in [0.05, 0.1) is 17.0 Å². The Kier molecular flexibility index (Phi) is 4.60. The second kappa shape index (κ2) is 6.81. The van der Waals surface area contributed by atoms with Gasteiger partial charge in [-0.25, -0.2) is 4.98 Å². The van der Waals surface area contributed by atoms with E-state index in [1.54, 1.807) is 0 Å². The van der Waals surface area contributed by atoms with Crippen LogP contribution in [0.25, 0.3) is 11.0 Å². The van der Waals surface area contributed by atoms with Crippen LogP contribution >= 0.6 is 0 Å². The van der Waals surface area contributed by atoms with Gasteiger partial charge < -0.3 is 15.4 Å². The van der Waals surface area contributed by atoms with Crippen molar-refractivity contribution in [1.82, 2.24) is 15.3 Å². The zero-order valence-electron chi connectivity index (χ0n) is 12.9. The highest BCUT2D eigenvalue weighted by Crippen LogP contribution is 2.28. The summed E-state index contributed by atoms with van der Waals surface area (Å²) in [6.07, 6.45) is 3.17. The van der Waals surface area contributed by atoms with E-state index in [4.69, 9.17) is 5.11 Å². The van der Waals surface area contributed by atoms with Crippen molar-refractivity contribution in [1.29, 1.82) is 0 Å². The molecule has 0 saturated heterocycles. The lowest BCUT2D eigenvalue weighted by Crippen LogP contribution is -2.35. The zero-order chi connectivity index (χ0) is 16.2. The van der Waals surface area contributed by atoms with Gasteiger partial charge in [0, 0.05) is 18.9 Å². The summed E-state index contributed by atoms with van der Waals surface area (Å²) in [7, 11) is 0. The molecule has 0 bridgehead atoms. The van der Waals surface area contributed by atoms with Gasteiger partial charge in [-0.1, -0.05) is 12.1 Å². The van der Waals surface area contributed by atoms with Crippen LogP contribution in [0, 0.1) is 11.8 Å². The number of nitrogens with one attached hydrogen (secondary N) is 2. The van der Waals surface area contributed by atoms with E-state index >= 15 is 0 Å². The maximum absolute atomic E-state index is 12.1. The number of carbonyl (C=O) groups excluding carboxylic acids is 1. The lowest BCUT2D eigenvalue weighted by molar-refractivity contribution is -0.144. The highest BCUT2D eigenvalue weighted by atomic mass is 16.4. The van der Waals surface area contributed by atoms with Crippen LogP contribution in [-0.2, 0) is 16.0 Å². The summed E-state index contributed by atoms with van der Waals surface area (Å²) < 4.78 is 0. The lowest BCUT2D eigenvalue weighted by atomic mass is 9.81. The van der Waals surface area contributed by atoms with Gasteiger partial charge in [0.15, 0.2) is 0 Å². The molecule has 3 rings (SSSR count). The number of imidazole rings is 1. The first-order chi connectivity index (χ1) is 11.1. The Hall–Kier alpha value is -2.37. The number of aromatic amines is 1. The van der Waals surface area contributed by atoms with E-state index in [1.165, 1.54) is 0 Å².